The van der Waals surface area contributed by atoms with E-state index in [1.54, 1.807) is 0 Å². The molecular formula is C11H15BrO2. The molecule has 2 nitrogen and oxygen atoms in total. The van der Waals surface area contributed by atoms with Crippen LogP contribution in [0, 0.1) is 17.3 Å². The second-order valence-corrected chi connectivity index (χ2v) is 6.80. The lowest BCUT2D eigenvalue weighted by molar-refractivity contribution is -0.130. The highest BCUT2D eigenvalue weighted by molar-refractivity contribution is 9.10. The first-order valence-electron chi connectivity index (χ1n) is 5.42. The van der Waals surface area contributed by atoms with E-state index in [4.69, 9.17) is 0 Å². The van der Waals surface area contributed by atoms with Crippen LogP contribution in [0.15, 0.2) is 0 Å². The molecule has 3 aliphatic rings. The summed E-state index contributed by atoms with van der Waals surface area (Å²) < 4.78 is -0.373. The molecule has 0 aromatic heterocycles. The maximum Gasteiger partial charge on any atom is 0.156 e. The summed E-state index contributed by atoms with van der Waals surface area (Å²) in [5, 5.41) is 9.99. The first kappa shape index (κ1) is 9.34. The average molecular weight is 259 g/mol. The van der Waals surface area contributed by atoms with E-state index < -0.39 is 0 Å². The lowest BCUT2D eigenvalue weighted by Crippen LogP contribution is -2.39. The highest BCUT2D eigenvalue weighted by atomic mass is 79.9. The number of Topliss-reactive ketones (excluding diaryl/α,β-unsaturated/α-hetero) is 1. The molecule has 5 atom stereocenters. The van der Waals surface area contributed by atoms with Gasteiger partial charge in [0.1, 0.15) is 0 Å². The minimum Gasteiger partial charge on any atom is -0.393 e. The molecule has 0 amide bonds. The quantitative estimate of drug-likeness (QED) is 0.674. The van der Waals surface area contributed by atoms with Gasteiger partial charge in [0, 0.05) is 11.3 Å². The van der Waals surface area contributed by atoms with E-state index in [1.165, 1.54) is 0 Å². The summed E-state index contributed by atoms with van der Waals surface area (Å²) in [6, 6.07) is 0. The number of carbonyl (C=O) groups is 1. The van der Waals surface area contributed by atoms with E-state index in [-0.39, 0.29) is 21.8 Å². The van der Waals surface area contributed by atoms with Crippen LogP contribution in [-0.4, -0.2) is 21.3 Å². The Hall–Kier alpha value is 0.110. The predicted octanol–water partition coefficient (Wildman–Crippen LogP) is 1.89. The number of aliphatic hydroxyl groups excluding tert-OH is 1. The van der Waals surface area contributed by atoms with Crippen LogP contribution < -0.4 is 0 Å². The molecule has 14 heavy (non-hydrogen) atoms. The molecule has 78 valence electrons. The molecule has 0 aromatic carbocycles. The van der Waals surface area contributed by atoms with Gasteiger partial charge in [-0.3, -0.25) is 4.79 Å². The first-order chi connectivity index (χ1) is 6.50. The Bertz CT molecular complexity index is 316. The van der Waals surface area contributed by atoms with Gasteiger partial charge in [-0.15, -0.1) is 0 Å². The second kappa shape index (κ2) is 2.43. The fourth-order valence-corrected chi connectivity index (χ4v) is 5.46. The molecule has 0 heterocycles. The van der Waals surface area contributed by atoms with Gasteiger partial charge in [-0.05, 0) is 31.6 Å². The van der Waals surface area contributed by atoms with E-state index in [1.807, 2.05) is 0 Å². The Morgan fingerprint density at radius 1 is 1.43 bits per heavy atom. The van der Waals surface area contributed by atoms with Crippen molar-refractivity contribution in [1.82, 2.24) is 0 Å². The Morgan fingerprint density at radius 2 is 2.14 bits per heavy atom. The molecular weight excluding hydrogens is 244 g/mol. The van der Waals surface area contributed by atoms with Crippen molar-refractivity contribution in [3.05, 3.63) is 0 Å². The summed E-state index contributed by atoms with van der Waals surface area (Å²) in [7, 11) is 0. The van der Waals surface area contributed by atoms with E-state index in [0.717, 1.165) is 25.7 Å². The zero-order valence-electron chi connectivity index (χ0n) is 8.29. The van der Waals surface area contributed by atoms with Gasteiger partial charge >= 0.3 is 0 Å². The normalized spacial score (nSPS) is 60.8. The summed E-state index contributed by atoms with van der Waals surface area (Å²) >= 11 is 3.62. The van der Waals surface area contributed by atoms with Gasteiger partial charge in [0.2, 0.25) is 0 Å². The standard InChI is InChI=1S/C11H15BrO2/c1-10-4-3-7(13)8-6(10)2-5-11(8,12)9(10)14/h6-8,13H,2-5H2,1H3. The fraction of sp³-hybridized carbons (Fsp3) is 0.909. The highest BCUT2D eigenvalue weighted by Gasteiger charge is 2.71. The molecule has 3 heteroatoms. The van der Waals surface area contributed by atoms with Crippen molar-refractivity contribution in [1.29, 1.82) is 0 Å². The van der Waals surface area contributed by atoms with Crippen molar-refractivity contribution < 1.29 is 9.90 Å². The summed E-state index contributed by atoms with van der Waals surface area (Å²) in [5.41, 5.74) is -0.133. The molecule has 0 aromatic rings. The van der Waals surface area contributed by atoms with Crippen molar-refractivity contribution in [2.24, 2.45) is 17.3 Å². The SMILES string of the molecule is CC12CCC(O)C3C1CCC3(Br)C2=O. The van der Waals surface area contributed by atoms with E-state index in [2.05, 4.69) is 22.9 Å². The van der Waals surface area contributed by atoms with Gasteiger partial charge in [0.15, 0.2) is 5.78 Å². The van der Waals surface area contributed by atoms with Gasteiger partial charge in [-0.1, -0.05) is 22.9 Å². The van der Waals surface area contributed by atoms with Crippen LogP contribution in [0.3, 0.4) is 0 Å². The zero-order valence-corrected chi connectivity index (χ0v) is 9.88. The molecule has 0 spiro atoms. The third kappa shape index (κ3) is 0.768. The van der Waals surface area contributed by atoms with Crippen molar-refractivity contribution in [2.45, 2.75) is 43.0 Å². The van der Waals surface area contributed by atoms with E-state index in [9.17, 15) is 9.90 Å². The van der Waals surface area contributed by atoms with Crippen LogP contribution in [0.5, 0.6) is 0 Å². The van der Waals surface area contributed by atoms with E-state index in [0.29, 0.717) is 11.7 Å². The second-order valence-electron chi connectivity index (χ2n) is 5.39. The molecule has 3 saturated carbocycles. The summed E-state index contributed by atoms with van der Waals surface area (Å²) in [6.45, 7) is 2.10. The zero-order chi connectivity index (χ0) is 10.1. The van der Waals surface area contributed by atoms with Crippen molar-refractivity contribution in [3.8, 4) is 0 Å². The van der Waals surface area contributed by atoms with Gasteiger partial charge < -0.3 is 5.11 Å². The molecule has 3 rings (SSSR count). The molecule has 5 unspecified atom stereocenters. The van der Waals surface area contributed by atoms with Crippen LogP contribution in [0.1, 0.15) is 32.6 Å². The third-order valence-corrected chi connectivity index (χ3v) is 6.15. The lowest BCUT2D eigenvalue weighted by Gasteiger charge is -2.38. The maximum absolute atomic E-state index is 12.3. The van der Waals surface area contributed by atoms with E-state index >= 15 is 0 Å². The Kier molecular flexibility index (Phi) is 1.62. The Labute approximate surface area is 92.2 Å². The first-order valence-corrected chi connectivity index (χ1v) is 6.21. The van der Waals surface area contributed by atoms with Crippen molar-refractivity contribution in [3.63, 3.8) is 0 Å². The van der Waals surface area contributed by atoms with Crippen molar-refractivity contribution >= 4 is 21.7 Å². The third-order valence-electron chi connectivity index (χ3n) is 4.87. The molecule has 0 radical (unpaired) electrons. The molecule has 3 fully saturated rings. The number of hydrogen-bond acceptors (Lipinski definition) is 2. The monoisotopic (exact) mass is 258 g/mol. The van der Waals surface area contributed by atoms with Crippen molar-refractivity contribution in [2.75, 3.05) is 0 Å². The minimum atomic E-state index is -0.373. The smallest absolute Gasteiger partial charge is 0.156 e. The van der Waals surface area contributed by atoms with Crippen LogP contribution in [0.4, 0.5) is 0 Å². The number of alkyl halides is 1. The van der Waals surface area contributed by atoms with Crippen LogP contribution >= 0.6 is 15.9 Å². The maximum atomic E-state index is 12.3. The fourth-order valence-electron chi connectivity index (χ4n) is 4.15. The van der Waals surface area contributed by atoms with Gasteiger partial charge in [0.25, 0.3) is 0 Å². The number of halogens is 1. The minimum absolute atomic E-state index is 0.133. The predicted molar refractivity (Wildman–Crippen MR) is 56.2 cm³/mol. The highest BCUT2D eigenvalue weighted by Crippen LogP contribution is 2.67. The van der Waals surface area contributed by atoms with Gasteiger partial charge in [0.05, 0.1) is 10.4 Å². The number of ketones is 1. The molecule has 1 N–H and O–H groups in total. The van der Waals surface area contributed by atoms with Crippen LogP contribution in [0.25, 0.3) is 0 Å². The molecule has 4 bridgehead atoms. The number of aliphatic hydroxyl groups is 1. The average Bonchev–Trinajstić information content (AvgIpc) is 2.55. The molecule has 3 aliphatic carbocycles. The Balaban J connectivity index is 2.15. The van der Waals surface area contributed by atoms with Crippen LogP contribution in [0.2, 0.25) is 0 Å². The number of carbonyl (C=O) groups excluding carboxylic acids is 1. The van der Waals surface area contributed by atoms with Crippen LogP contribution in [-0.2, 0) is 4.79 Å². The van der Waals surface area contributed by atoms with Gasteiger partial charge in [-0.25, -0.2) is 0 Å². The molecule has 0 aliphatic heterocycles. The lowest BCUT2D eigenvalue weighted by atomic mass is 9.66. The number of rotatable bonds is 0. The van der Waals surface area contributed by atoms with Gasteiger partial charge in [-0.2, -0.15) is 0 Å². The Morgan fingerprint density at radius 3 is 2.79 bits per heavy atom. The summed E-state index contributed by atoms with van der Waals surface area (Å²) in [6.07, 6.45) is 3.45. The summed E-state index contributed by atoms with van der Waals surface area (Å²) in [5.74, 6) is 0.981. The summed E-state index contributed by atoms with van der Waals surface area (Å²) in [4.78, 5) is 12.3. The topological polar surface area (TPSA) is 37.3 Å². The molecule has 0 saturated heterocycles. The largest absolute Gasteiger partial charge is 0.393 e. The number of hydrogen-bond donors (Lipinski definition) is 1.